The van der Waals surface area contributed by atoms with Crippen molar-refractivity contribution in [3.63, 3.8) is 0 Å². The van der Waals surface area contributed by atoms with Crippen LogP contribution in [-0.4, -0.2) is 41.3 Å². The highest BCUT2D eigenvalue weighted by Crippen LogP contribution is 2.23. The van der Waals surface area contributed by atoms with Crippen LogP contribution in [0.3, 0.4) is 0 Å². The lowest BCUT2D eigenvalue weighted by molar-refractivity contribution is -0.144. The smallest absolute Gasteiger partial charge is 0.333 e. The number of carboxylic acids is 1. The normalized spacial score (nSPS) is 18.5. The van der Waals surface area contributed by atoms with Gasteiger partial charge in [-0.05, 0) is 30.7 Å². The first-order chi connectivity index (χ1) is 12.9. The number of hydrogen-bond acceptors (Lipinski definition) is 5. The third-order valence-corrected chi connectivity index (χ3v) is 4.39. The summed E-state index contributed by atoms with van der Waals surface area (Å²) in [5.41, 5.74) is -1.28. The van der Waals surface area contributed by atoms with Crippen LogP contribution in [0, 0.1) is 5.82 Å². The number of ether oxygens (including phenoxy) is 2. The van der Waals surface area contributed by atoms with E-state index in [4.69, 9.17) is 9.47 Å². The molecule has 1 amide bonds. The molecule has 2 aromatic rings. The zero-order valence-corrected chi connectivity index (χ0v) is 14.6. The fraction of sp³-hybridized carbons (Fsp3) is 0.316. The average molecular weight is 374 g/mol. The number of benzene rings is 1. The molecular formula is C19H19FN2O5. The largest absolute Gasteiger partial charge is 0.479 e. The number of aliphatic carboxylic acids is 1. The zero-order chi connectivity index (χ0) is 19.4. The number of pyridine rings is 1. The lowest BCUT2D eigenvalue weighted by atomic mass is 9.91. The number of aromatic nitrogens is 1. The van der Waals surface area contributed by atoms with Gasteiger partial charge in [-0.3, -0.25) is 4.79 Å². The molecule has 1 aromatic heterocycles. The zero-order valence-electron chi connectivity index (χ0n) is 14.6. The van der Waals surface area contributed by atoms with Crippen LogP contribution in [0.15, 0.2) is 42.6 Å². The number of hydrogen-bond donors (Lipinski definition) is 2. The Labute approximate surface area is 155 Å². The van der Waals surface area contributed by atoms with E-state index in [0.29, 0.717) is 13.2 Å². The van der Waals surface area contributed by atoms with E-state index in [1.807, 2.05) is 0 Å². The van der Waals surface area contributed by atoms with Crippen LogP contribution in [0.1, 0.15) is 29.3 Å². The van der Waals surface area contributed by atoms with Crippen LogP contribution in [0.2, 0.25) is 0 Å². The second-order valence-corrected chi connectivity index (χ2v) is 6.38. The van der Waals surface area contributed by atoms with Gasteiger partial charge >= 0.3 is 5.97 Å². The van der Waals surface area contributed by atoms with Crippen molar-refractivity contribution in [1.82, 2.24) is 10.3 Å². The Kier molecular flexibility index (Phi) is 5.36. The summed E-state index contributed by atoms with van der Waals surface area (Å²) in [5, 5.41) is 12.1. The quantitative estimate of drug-likeness (QED) is 0.804. The first-order valence-electron chi connectivity index (χ1n) is 8.41. The highest BCUT2D eigenvalue weighted by atomic mass is 19.1. The lowest BCUT2D eigenvalue weighted by Gasteiger charge is -2.27. The van der Waals surface area contributed by atoms with Gasteiger partial charge in [0.1, 0.15) is 11.9 Å². The van der Waals surface area contributed by atoms with Crippen molar-refractivity contribution >= 4 is 11.9 Å². The Morgan fingerprint density at radius 2 is 2.07 bits per heavy atom. The van der Waals surface area contributed by atoms with E-state index in [9.17, 15) is 19.1 Å². The number of carboxylic acid groups (broad SMARTS) is 1. The summed E-state index contributed by atoms with van der Waals surface area (Å²) in [6.45, 7) is 2.41. The molecule has 0 saturated carbocycles. The van der Waals surface area contributed by atoms with Gasteiger partial charge in [-0.2, -0.15) is 0 Å². The minimum absolute atomic E-state index is 0.126. The van der Waals surface area contributed by atoms with Crippen LogP contribution in [0.5, 0.6) is 5.88 Å². The molecular weight excluding hydrogens is 355 g/mol. The molecule has 7 nitrogen and oxygen atoms in total. The van der Waals surface area contributed by atoms with Crippen LogP contribution >= 0.6 is 0 Å². The molecule has 0 bridgehead atoms. The predicted octanol–water partition coefficient (Wildman–Crippen LogP) is 2.12. The van der Waals surface area contributed by atoms with Crippen molar-refractivity contribution in [2.75, 3.05) is 13.2 Å². The fourth-order valence-corrected chi connectivity index (χ4v) is 2.72. The maximum absolute atomic E-state index is 13.2. The number of halogens is 1. The molecule has 1 fully saturated rings. The average Bonchev–Trinajstić information content (AvgIpc) is 3.15. The monoisotopic (exact) mass is 374 g/mol. The van der Waals surface area contributed by atoms with Crippen LogP contribution in [-0.2, 0) is 15.1 Å². The molecule has 27 heavy (non-hydrogen) atoms. The maximum Gasteiger partial charge on any atom is 0.333 e. The van der Waals surface area contributed by atoms with Crippen LogP contribution < -0.4 is 10.1 Å². The Morgan fingerprint density at radius 1 is 1.33 bits per heavy atom. The molecule has 2 heterocycles. The maximum atomic E-state index is 13.2. The minimum Gasteiger partial charge on any atom is -0.479 e. The summed E-state index contributed by atoms with van der Waals surface area (Å²) < 4.78 is 24.1. The second kappa shape index (κ2) is 7.71. The first kappa shape index (κ1) is 18.8. The molecule has 142 valence electrons. The fourth-order valence-electron chi connectivity index (χ4n) is 2.72. The first-order valence-corrected chi connectivity index (χ1v) is 8.41. The highest BCUT2D eigenvalue weighted by Gasteiger charge is 2.37. The molecule has 1 aliphatic heterocycles. The van der Waals surface area contributed by atoms with Gasteiger partial charge in [-0.1, -0.05) is 12.1 Å². The van der Waals surface area contributed by atoms with Crippen molar-refractivity contribution in [1.29, 1.82) is 0 Å². The van der Waals surface area contributed by atoms with Crippen molar-refractivity contribution < 1.29 is 28.6 Å². The second-order valence-electron chi connectivity index (χ2n) is 6.38. The molecule has 8 heteroatoms. The van der Waals surface area contributed by atoms with Crippen molar-refractivity contribution in [3.05, 3.63) is 59.5 Å². The molecule has 3 rings (SSSR count). The van der Waals surface area contributed by atoms with E-state index in [-0.39, 0.29) is 23.1 Å². The van der Waals surface area contributed by atoms with Crippen molar-refractivity contribution in [2.45, 2.75) is 25.0 Å². The Morgan fingerprint density at radius 3 is 2.70 bits per heavy atom. The van der Waals surface area contributed by atoms with Gasteiger partial charge in [0.25, 0.3) is 5.91 Å². The number of nitrogens with one attached hydrogen (secondary N) is 1. The summed E-state index contributed by atoms with van der Waals surface area (Å²) in [6, 6.07) is 7.84. The van der Waals surface area contributed by atoms with E-state index in [1.165, 1.54) is 37.4 Å². The van der Waals surface area contributed by atoms with Gasteiger partial charge < -0.3 is 19.9 Å². The number of carbonyl (C=O) groups is 2. The van der Waals surface area contributed by atoms with Gasteiger partial charge in [0.2, 0.25) is 5.88 Å². The summed E-state index contributed by atoms with van der Waals surface area (Å²) >= 11 is 0. The Hall–Kier alpha value is -3.00. The molecule has 2 unspecified atom stereocenters. The molecule has 0 radical (unpaired) electrons. The van der Waals surface area contributed by atoms with Crippen LogP contribution in [0.4, 0.5) is 4.39 Å². The van der Waals surface area contributed by atoms with Gasteiger partial charge in [-0.15, -0.1) is 0 Å². The summed E-state index contributed by atoms with van der Waals surface area (Å²) in [6.07, 6.45) is 2.02. The molecule has 1 aromatic carbocycles. The van der Waals surface area contributed by atoms with E-state index in [2.05, 4.69) is 10.3 Å². The SMILES string of the molecule is CC(NC(=O)c1ccnc(OC2CCOC2)c1)(C(=O)O)c1ccc(F)cc1. The molecule has 2 atom stereocenters. The summed E-state index contributed by atoms with van der Waals surface area (Å²) in [5.74, 6) is -2.11. The molecule has 1 saturated heterocycles. The van der Waals surface area contributed by atoms with E-state index >= 15 is 0 Å². The van der Waals surface area contributed by atoms with Gasteiger partial charge in [-0.25, -0.2) is 14.2 Å². The van der Waals surface area contributed by atoms with E-state index < -0.39 is 23.2 Å². The topological polar surface area (TPSA) is 97.8 Å². The standard InChI is InChI=1S/C19H19FN2O5/c1-19(18(24)25,13-2-4-14(20)5-3-13)22-17(23)12-6-8-21-16(10-12)27-15-7-9-26-11-15/h2-6,8,10,15H,7,9,11H2,1H3,(H,22,23)(H,24,25). The van der Waals surface area contributed by atoms with Gasteiger partial charge in [0, 0.05) is 24.2 Å². The summed E-state index contributed by atoms with van der Waals surface area (Å²) in [7, 11) is 0. The number of rotatable bonds is 6. The molecule has 0 aliphatic carbocycles. The van der Waals surface area contributed by atoms with Crippen LogP contribution in [0.25, 0.3) is 0 Å². The molecule has 0 spiro atoms. The predicted molar refractivity (Wildman–Crippen MR) is 92.9 cm³/mol. The van der Waals surface area contributed by atoms with Crippen molar-refractivity contribution in [3.8, 4) is 5.88 Å². The van der Waals surface area contributed by atoms with Gasteiger partial charge in [0.05, 0.1) is 13.2 Å². The Balaban J connectivity index is 1.79. The third kappa shape index (κ3) is 4.22. The number of nitrogens with zero attached hydrogens (tertiary/aromatic N) is 1. The third-order valence-electron chi connectivity index (χ3n) is 4.39. The number of carbonyl (C=O) groups excluding carboxylic acids is 1. The van der Waals surface area contributed by atoms with Crippen molar-refractivity contribution in [2.24, 2.45) is 0 Å². The summed E-state index contributed by atoms with van der Waals surface area (Å²) in [4.78, 5) is 28.5. The molecule has 1 aliphatic rings. The van der Waals surface area contributed by atoms with E-state index in [0.717, 1.165) is 18.6 Å². The highest BCUT2D eigenvalue weighted by molar-refractivity contribution is 5.98. The molecule has 2 N–H and O–H groups in total. The van der Waals surface area contributed by atoms with Gasteiger partial charge in [0.15, 0.2) is 5.54 Å². The van der Waals surface area contributed by atoms with E-state index in [1.54, 1.807) is 0 Å². The minimum atomic E-state index is -1.73. The number of amides is 1. The lowest BCUT2D eigenvalue weighted by Crippen LogP contribution is -2.49. The Bertz CT molecular complexity index is 836.